The van der Waals surface area contributed by atoms with Gasteiger partial charge in [-0.2, -0.15) is 0 Å². The standard InChI is InChI=1S/C15H18N2O/c1-3-6-13(16)15(18)17-10-11(2)9-12-7-4-5-8-14(12)17/h1,4-5,7-8,11,13H,6,9-10,16H2,2H3. The molecule has 0 aromatic heterocycles. The Bertz CT molecular complexity index is 490. The van der Waals surface area contributed by atoms with Gasteiger partial charge in [0, 0.05) is 18.7 Å². The summed E-state index contributed by atoms with van der Waals surface area (Å²) in [7, 11) is 0. The molecule has 3 heteroatoms. The van der Waals surface area contributed by atoms with Gasteiger partial charge >= 0.3 is 0 Å². The zero-order valence-corrected chi connectivity index (χ0v) is 10.6. The zero-order valence-electron chi connectivity index (χ0n) is 10.6. The van der Waals surface area contributed by atoms with Crippen molar-refractivity contribution in [2.24, 2.45) is 11.7 Å². The molecule has 1 aromatic rings. The van der Waals surface area contributed by atoms with Crippen molar-refractivity contribution >= 4 is 11.6 Å². The summed E-state index contributed by atoms with van der Waals surface area (Å²) in [6, 6.07) is 7.39. The Morgan fingerprint density at radius 3 is 3.06 bits per heavy atom. The van der Waals surface area contributed by atoms with E-state index in [0.717, 1.165) is 12.1 Å². The smallest absolute Gasteiger partial charge is 0.244 e. The normalized spacial score (nSPS) is 19.8. The van der Waals surface area contributed by atoms with E-state index in [9.17, 15) is 4.79 Å². The molecule has 0 aliphatic carbocycles. The SMILES string of the molecule is C#CCC(N)C(=O)N1CC(C)Cc2ccccc21. The first kappa shape index (κ1) is 12.7. The fourth-order valence-electron chi connectivity index (χ4n) is 2.42. The van der Waals surface area contributed by atoms with Crippen LogP contribution in [0.3, 0.4) is 0 Å². The van der Waals surface area contributed by atoms with Crippen LogP contribution in [0.4, 0.5) is 5.69 Å². The number of fused-ring (bicyclic) bond motifs is 1. The molecule has 0 saturated carbocycles. The van der Waals surface area contributed by atoms with E-state index in [4.69, 9.17) is 12.2 Å². The average molecular weight is 242 g/mol. The van der Waals surface area contributed by atoms with Gasteiger partial charge in [0.25, 0.3) is 0 Å². The number of carbonyl (C=O) groups excluding carboxylic acids is 1. The van der Waals surface area contributed by atoms with Crippen LogP contribution in [0.2, 0.25) is 0 Å². The van der Waals surface area contributed by atoms with Crippen molar-refractivity contribution in [1.29, 1.82) is 0 Å². The number of carbonyl (C=O) groups is 1. The van der Waals surface area contributed by atoms with Crippen LogP contribution in [-0.2, 0) is 11.2 Å². The summed E-state index contributed by atoms with van der Waals surface area (Å²) in [5, 5.41) is 0. The third kappa shape index (κ3) is 2.39. The molecule has 3 nitrogen and oxygen atoms in total. The first-order chi connectivity index (χ1) is 8.63. The molecule has 0 spiro atoms. The molecule has 2 N–H and O–H groups in total. The number of terminal acetylenes is 1. The van der Waals surface area contributed by atoms with Gasteiger partial charge in [-0.15, -0.1) is 12.3 Å². The van der Waals surface area contributed by atoms with E-state index < -0.39 is 6.04 Å². The van der Waals surface area contributed by atoms with Crippen LogP contribution in [0.25, 0.3) is 0 Å². The highest BCUT2D eigenvalue weighted by molar-refractivity contribution is 5.98. The lowest BCUT2D eigenvalue weighted by atomic mass is 9.93. The molecular weight excluding hydrogens is 224 g/mol. The lowest BCUT2D eigenvalue weighted by molar-refractivity contribution is -0.120. The third-order valence-electron chi connectivity index (χ3n) is 3.27. The van der Waals surface area contributed by atoms with Crippen LogP contribution in [0.1, 0.15) is 18.9 Å². The maximum Gasteiger partial charge on any atom is 0.244 e. The summed E-state index contributed by atoms with van der Waals surface area (Å²) in [6.07, 6.45) is 6.51. The minimum Gasteiger partial charge on any atom is -0.319 e. The number of rotatable bonds is 2. The number of anilines is 1. The summed E-state index contributed by atoms with van der Waals surface area (Å²) < 4.78 is 0. The van der Waals surface area contributed by atoms with E-state index in [1.54, 1.807) is 4.90 Å². The summed E-state index contributed by atoms with van der Waals surface area (Å²) in [4.78, 5) is 14.1. The summed E-state index contributed by atoms with van der Waals surface area (Å²) in [5.74, 6) is 2.82. The van der Waals surface area contributed by atoms with Crippen molar-refractivity contribution in [2.45, 2.75) is 25.8 Å². The van der Waals surface area contributed by atoms with Gasteiger partial charge in [-0.25, -0.2) is 0 Å². The summed E-state index contributed by atoms with van der Waals surface area (Å²) in [6.45, 7) is 2.86. The van der Waals surface area contributed by atoms with Gasteiger partial charge in [-0.05, 0) is 24.0 Å². The van der Waals surface area contributed by atoms with E-state index in [-0.39, 0.29) is 12.3 Å². The Balaban J connectivity index is 2.29. The largest absolute Gasteiger partial charge is 0.319 e. The fourth-order valence-corrected chi connectivity index (χ4v) is 2.42. The van der Waals surface area contributed by atoms with E-state index >= 15 is 0 Å². The average Bonchev–Trinajstić information content (AvgIpc) is 2.37. The van der Waals surface area contributed by atoms with Gasteiger partial charge in [0.15, 0.2) is 0 Å². The summed E-state index contributed by atoms with van der Waals surface area (Å²) >= 11 is 0. The number of amides is 1. The van der Waals surface area contributed by atoms with E-state index in [0.29, 0.717) is 12.5 Å². The van der Waals surface area contributed by atoms with Gasteiger partial charge in [-0.3, -0.25) is 4.79 Å². The maximum absolute atomic E-state index is 12.3. The second kappa shape index (κ2) is 5.24. The second-order valence-electron chi connectivity index (χ2n) is 4.90. The molecule has 2 atom stereocenters. The third-order valence-corrected chi connectivity index (χ3v) is 3.27. The number of hydrogen-bond acceptors (Lipinski definition) is 2. The molecule has 2 unspecified atom stereocenters. The Labute approximate surface area is 108 Å². The molecule has 1 aliphatic rings. The van der Waals surface area contributed by atoms with Crippen LogP contribution in [0.5, 0.6) is 0 Å². The maximum atomic E-state index is 12.3. The van der Waals surface area contributed by atoms with Gasteiger partial charge in [0.1, 0.15) is 0 Å². The number of nitrogens with zero attached hydrogens (tertiary/aromatic N) is 1. The van der Waals surface area contributed by atoms with E-state index in [2.05, 4.69) is 18.9 Å². The van der Waals surface area contributed by atoms with Crippen molar-refractivity contribution in [3.05, 3.63) is 29.8 Å². The minimum absolute atomic E-state index is 0.0769. The van der Waals surface area contributed by atoms with Crippen molar-refractivity contribution in [3.8, 4) is 12.3 Å². The Morgan fingerprint density at radius 2 is 2.33 bits per heavy atom. The molecule has 2 rings (SSSR count). The highest BCUT2D eigenvalue weighted by Gasteiger charge is 2.28. The molecule has 94 valence electrons. The fraction of sp³-hybridized carbons (Fsp3) is 0.400. The zero-order chi connectivity index (χ0) is 13.1. The van der Waals surface area contributed by atoms with Gasteiger partial charge in [-0.1, -0.05) is 25.1 Å². The quantitative estimate of drug-likeness (QED) is 0.800. The Morgan fingerprint density at radius 1 is 1.61 bits per heavy atom. The van der Waals surface area contributed by atoms with Crippen molar-refractivity contribution in [1.82, 2.24) is 0 Å². The number of para-hydroxylation sites is 1. The Kier molecular flexibility index (Phi) is 3.69. The predicted octanol–water partition coefficient (Wildman–Crippen LogP) is 1.56. The van der Waals surface area contributed by atoms with Gasteiger partial charge < -0.3 is 10.6 Å². The Hall–Kier alpha value is -1.79. The van der Waals surface area contributed by atoms with Crippen LogP contribution >= 0.6 is 0 Å². The molecular formula is C15H18N2O. The molecule has 1 heterocycles. The highest BCUT2D eigenvalue weighted by atomic mass is 16.2. The van der Waals surface area contributed by atoms with Gasteiger partial charge in [0.2, 0.25) is 5.91 Å². The van der Waals surface area contributed by atoms with E-state index in [1.165, 1.54) is 5.56 Å². The van der Waals surface area contributed by atoms with Gasteiger partial charge in [0.05, 0.1) is 6.04 Å². The first-order valence-electron chi connectivity index (χ1n) is 6.21. The lowest BCUT2D eigenvalue weighted by Crippen LogP contribution is -2.47. The molecule has 0 saturated heterocycles. The van der Waals surface area contributed by atoms with Crippen molar-refractivity contribution in [3.63, 3.8) is 0 Å². The molecule has 1 aliphatic heterocycles. The number of nitrogens with two attached hydrogens (primary N) is 1. The van der Waals surface area contributed by atoms with Crippen LogP contribution < -0.4 is 10.6 Å². The first-order valence-corrected chi connectivity index (χ1v) is 6.21. The van der Waals surface area contributed by atoms with Crippen LogP contribution in [0, 0.1) is 18.3 Å². The van der Waals surface area contributed by atoms with Crippen molar-refractivity contribution < 1.29 is 4.79 Å². The van der Waals surface area contributed by atoms with Crippen LogP contribution in [-0.4, -0.2) is 18.5 Å². The summed E-state index contributed by atoms with van der Waals surface area (Å²) in [5.41, 5.74) is 8.01. The minimum atomic E-state index is -0.603. The molecule has 0 bridgehead atoms. The topological polar surface area (TPSA) is 46.3 Å². The van der Waals surface area contributed by atoms with E-state index in [1.807, 2.05) is 18.2 Å². The number of hydrogen-bond donors (Lipinski definition) is 1. The lowest BCUT2D eigenvalue weighted by Gasteiger charge is -2.34. The molecule has 18 heavy (non-hydrogen) atoms. The molecule has 1 amide bonds. The van der Waals surface area contributed by atoms with Crippen molar-refractivity contribution in [2.75, 3.05) is 11.4 Å². The molecule has 0 radical (unpaired) electrons. The molecule has 0 fully saturated rings. The predicted molar refractivity (Wildman–Crippen MR) is 73.1 cm³/mol. The monoisotopic (exact) mass is 242 g/mol. The highest BCUT2D eigenvalue weighted by Crippen LogP contribution is 2.29. The molecule has 1 aromatic carbocycles. The second-order valence-corrected chi connectivity index (χ2v) is 4.90. The van der Waals surface area contributed by atoms with Crippen LogP contribution in [0.15, 0.2) is 24.3 Å². The number of benzene rings is 1.